The Kier molecular flexibility index (Phi) is 4.88. The molecule has 2 aromatic carbocycles. The molecule has 0 aliphatic heterocycles. The molecule has 0 aliphatic carbocycles. The lowest BCUT2D eigenvalue weighted by atomic mass is 10.2. The molecule has 0 saturated carbocycles. The molecule has 118 valence electrons. The van der Waals surface area contributed by atoms with E-state index in [9.17, 15) is 4.79 Å². The Morgan fingerprint density at radius 3 is 2.70 bits per heavy atom. The summed E-state index contributed by atoms with van der Waals surface area (Å²) < 4.78 is 6.61. The minimum Gasteiger partial charge on any atom is -0.484 e. The van der Waals surface area contributed by atoms with Gasteiger partial charge in [0.1, 0.15) is 10.8 Å². The number of carbonyl (C=O) groups is 1. The van der Waals surface area contributed by atoms with Gasteiger partial charge in [-0.15, -0.1) is 11.3 Å². The standard InChI is InChI=1S/C18H18N2O2S/c1-2-13-7-9-14(10-8-13)22-12-17(21)19-11-18-20-15-5-3-4-6-16(15)23-18/h3-10H,2,11-12H2,1H3,(H,19,21). The number of fused-ring (bicyclic) bond motifs is 1. The lowest BCUT2D eigenvalue weighted by Gasteiger charge is -2.07. The maximum absolute atomic E-state index is 11.9. The summed E-state index contributed by atoms with van der Waals surface area (Å²) in [4.78, 5) is 16.4. The molecule has 0 saturated heterocycles. The number of nitrogens with one attached hydrogen (secondary N) is 1. The molecule has 0 fully saturated rings. The first-order valence-corrected chi connectivity index (χ1v) is 8.39. The third-order valence-corrected chi connectivity index (χ3v) is 4.51. The van der Waals surface area contributed by atoms with Crippen molar-refractivity contribution in [1.29, 1.82) is 0 Å². The number of hydrogen-bond donors (Lipinski definition) is 1. The van der Waals surface area contributed by atoms with E-state index in [1.165, 1.54) is 5.56 Å². The maximum atomic E-state index is 11.9. The molecule has 0 atom stereocenters. The number of thiazole rings is 1. The molecule has 0 spiro atoms. The summed E-state index contributed by atoms with van der Waals surface area (Å²) in [6.45, 7) is 2.54. The molecule has 5 heteroatoms. The molecule has 3 rings (SSSR count). The summed E-state index contributed by atoms with van der Waals surface area (Å²) >= 11 is 1.59. The van der Waals surface area contributed by atoms with Gasteiger partial charge in [-0.05, 0) is 36.2 Å². The molecule has 1 aromatic heterocycles. The van der Waals surface area contributed by atoms with Crippen LogP contribution in [0, 0.1) is 0 Å². The minimum absolute atomic E-state index is 0.0103. The molecule has 3 aromatic rings. The summed E-state index contributed by atoms with van der Waals surface area (Å²) in [7, 11) is 0. The third-order valence-electron chi connectivity index (χ3n) is 3.48. The summed E-state index contributed by atoms with van der Waals surface area (Å²) in [5.74, 6) is 0.557. The fourth-order valence-electron chi connectivity index (χ4n) is 2.19. The molecule has 1 heterocycles. The van der Waals surface area contributed by atoms with Gasteiger partial charge >= 0.3 is 0 Å². The number of hydrogen-bond acceptors (Lipinski definition) is 4. The van der Waals surface area contributed by atoms with Crippen LogP contribution >= 0.6 is 11.3 Å². The van der Waals surface area contributed by atoms with E-state index in [2.05, 4.69) is 17.2 Å². The predicted octanol–water partition coefficient (Wildman–Crippen LogP) is 3.55. The highest BCUT2D eigenvalue weighted by atomic mass is 32.1. The Morgan fingerprint density at radius 2 is 1.96 bits per heavy atom. The molecule has 0 radical (unpaired) electrons. The van der Waals surface area contributed by atoms with Crippen molar-refractivity contribution in [3.8, 4) is 5.75 Å². The van der Waals surface area contributed by atoms with Crippen LogP contribution in [0.4, 0.5) is 0 Å². The minimum atomic E-state index is -0.149. The van der Waals surface area contributed by atoms with Gasteiger partial charge in [0.2, 0.25) is 0 Å². The lowest BCUT2D eigenvalue weighted by Crippen LogP contribution is -2.28. The number of nitrogens with zero attached hydrogens (tertiary/aromatic N) is 1. The summed E-state index contributed by atoms with van der Waals surface area (Å²) in [6, 6.07) is 15.7. The van der Waals surface area contributed by atoms with Crippen LogP contribution in [0.25, 0.3) is 10.2 Å². The first kappa shape index (κ1) is 15.5. The molecule has 1 N–H and O–H groups in total. The number of para-hydroxylation sites is 1. The Labute approximate surface area is 139 Å². The zero-order chi connectivity index (χ0) is 16.1. The smallest absolute Gasteiger partial charge is 0.258 e. The van der Waals surface area contributed by atoms with E-state index in [1.807, 2.05) is 48.5 Å². The van der Waals surface area contributed by atoms with Gasteiger partial charge in [-0.25, -0.2) is 4.98 Å². The monoisotopic (exact) mass is 326 g/mol. The second kappa shape index (κ2) is 7.24. The van der Waals surface area contributed by atoms with Gasteiger partial charge in [0, 0.05) is 0 Å². The Bertz CT molecular complexity index is 763. The van der Waals surface area contributed by atoms with Gasteiger partial charge in [0.15, 0.2) is 6.61 Å². The van der Waals surface area contributed by atoms with Gasteiger partial charge in [-0.3, -0.25) is 4.79 Å². The highest BCUT2D eigenvalue weighted by Gasteiger charge is 2.06. The fraction of sp³-hybridized carbons (Fsp3) is 0.222. The second-order valence-corrected chi connectivity index (χ2v) is 6.25. The summed E-state index contributed by atoms with van der Waals surface area (Å²) in [5, 5.41) is 3.73. The molecule has 4 nitrogen and oxygen atoms in total. The van der Waals surface area contributed by atoms with Crippen LogP contribution < -0.4 is 10.1 Å². The highest BCUT2D eigenvalue weighted by Crippen LogP contribution is 2.21. The number of aromatic nitrogens is 1. The molecule has 1 amide bonds. The number of amides is 1. The first-order valence-electron chi connectivity index (χ1n) is 7.57. The fourth-order valence-corrected chi connectivity index (χ4v) is 3.10. The Morgan fingerprint density at radius 1 is 1.17 bits per heavy atom. The van der Waals surface area contributed by atoms with Crippen LogP contribution in [0.5, 0.6) is 5.75 Å². The molecule has 0 unspecified atom stereocenters. The van der Waals surface area contributed by atoms with Crippen molar-refractivity contribution in [2.45, 2.75) is 19.9 Å². The third kappa shape index (κ3) is 4.07. The number of carbonyl (C=O) groups excluding carboxylic acids is 1. The van der Waals surface area contributed by atoms with Crippen molar-refractivity contribution in [2.75, 3.05) is 6.61 Å². The second-order valence-electron chi connectivity index (χ2n) is 5.14. The van der Waals surface area contributed by atoms with Crippen molar-refractivity contribution >= 4 is 27.5 Å². The van der Waals surface area contributed by atoms with Crippen LogP contribution in [-0.2, 0) is 17.8 Å². The van der Waals surface area contributed by atoms with Crippen LogP contribution in [0.15, 0.2) is 48.5 Å². The van der Waals surface area contributed by atoms with Gasteiger partial charge in [0.05, 0.1) is 16.8 Å². The zero-order valence-corrected chi connectivity index (χ0v) is 13.7. The van der Waals surface area contributed by atoms with Gasteiger partial charge in [0.25, 0.3) is 5.91 Å². The van der Waals surface area contributed by atoms with E-state index in [1.54, 1.807) is 11.3 Å². The normalized spacial score (nSPS) is 10.7. The van der Waals surface area contributed by atoms with Crippen molar-refractivity contribution in [1.82, 2.24) is 10.3 Å². The molecule has 23 heavy (non-hydrogen) atoms. The van der Waals surface area contributed by atoms with Gasteiger partial charge in [-0.2, -0.15) is 0 Å². The average molecular weight is 326 g/mol. The Hall–Kier alpha value is -2.40. The number of aryl methyl sites for hydroxylation is 1. The maximum Gasteiger partial charge on any atom is 0.258 e. The molecular weight excluding hydrogens is 308 g/mol. The number of rotatable bonds is 6. The zero-order valence-electron chi connectivity index (χ0n) is 12.9. The lowest BCUT2D eigenvalue weighted by molar-refractivity contribution is -0.123. The highest BCUT2D eigenvalue weighted by molar-refractivity contribution is 7.18. The van der Waals surface area contributed by atoms with Crippen molar-refractivity contribution in [3.05, 3.63) is 59.1 Å². The van der Waals surface area contributed by atoms with Crippen LogP contribution in [0.2, 0.25) is 0 Å². The topological polar surface area (TPSA) is 51.2 Å². The van der Waals surface area contributed by atoms with Crippen molar-refractivity contribution in [2.24, 2.45) is 0 Å². The van der Waals surface area contributed by atoms with Crippen molar-refractivity contribution < 1.29 is 9.53 Å². The summed E-state index contributed by atoms with van der Waals surface area (Å²) in [5.41, 5.74) is 2.21. The molecular formula is C18H18N2O2S. The summed E-state index contributed by atoms with van der Waals surface area (Å²) in [6.07, 6.45) is 0.989. The van der Waals surface area contributed by atoms with Crippen LogP contribution in [-0.4, -0.2) is 17.5 Å². The van der Waals surface area contributed by atoms with Gasteiger partial charge in [-0.1, -0.05) is 31.2 Å². The van der Waals surface area contributed by atoms with Crippen LogP contribution in [0.3, 0.4) is 0 Å². The quantitative estimate of drug-likeness (QED) is 0.753. The van der Waals surface area contributed by atoms with E-state index in [0.717, 1.165) is 21.6 Å². The van der Waals surface area contributed by atoms with E-state index < -0.39 is 0 Å². The van der Waals surface area contributed by atoms with E-state index in [0.29, 0.717) is 12.3 Å². The van der Waals surface area contributed by atoms with Crippen LogP contribution in [0.1, 0.15) is 17.5 Å². The average Bonchev–Trinajstić information content (AvgIpc) is 3.01. The van der Waals surface area contributed by atoms with E-state index >= 15 is 0 Å². The van der Waals surface area contributed by atoms with Crippen molar-refractivity contribution in [3.63, 3.8) is 0 Å². The molecule has 0 aliphatic rings. The largest absolute Gasteiger partial charge is 0.484 e. The molecule has 0 bridgehead atoms. The first-order chi connectivity index (χ1) is 11.2. The van der Waals surface area contributed by atoms with E-state index in [-0.39, 0.29) is 12.5 Å². The Balaban J connectivity index is 1.49. The predicted molar refractivity (Wildman–Crippen MR) is 92.8 cm³/mol. The number of benzene rings is 2. The van der Waals surface area contributed by atoms with E-state index in [4.69, 9.17) is 4.74 Å². The SMILES string of the molecule is CCc1ccc(OCC(=O)NCc2nc3ccccc3s2)cc1. The van der Waals surface area contributed by atoms with Gasteiger partial charge < -0.3 is 10.1 Å². The number of ether oxygens (including phenoxy) is 1.